The van der Waals surface area contributed by atoms with Gasteiger partial charge in [-0.1, -0.05) is 54.5 Å². The van der Waals surface area contributed by atoms with Crippen LogP contribution in [0.1, 0.15) is 24.6 Å². The third-order valence-electron chi connectivity index (χ3n) is 6.33. The molecule has 0 saturated heterocycles. The summed E-state index contributed by atoms with van der Waals surface area (Å²) in [5.41, 5.74) is 2.08. The van der Waals surface area contributed by atoms with E-state index in [0.717, 1.165) is 10.9 Å². The Bertz CT molecular complexity index is 1550. The number of nitrogens with zero attached hydrogens (tertiary/aromatic N) is 3. The van der Waals surface area contributed by atoms with Crippen LogP contribution in [0.2, 0.25) is 0 Å². The van der Waals surface area contributed by atoms with Crippen LogP contribution in [0, 0.1) is 5.92 Å². The maximum Gasteiger partial charge on any atom is 0.426 e. The van der Waals surface area contributed by atoms with E-state index in [4.69, 9.17) is 4.52 Å². The molecule has 6 nitrogen and oxygen atoms in total. The lowest BCUT2D eigenvalue weighted by molar-refractivity contribution is -0.142. The van der Waals surface area contributed by atoms with Gasteiger partial charge in [0.05, 0.1) is 10.8 Å². The molecule has 0 bridgehead atoms. The summed E-state index contributed by atoms with van der Waals surface area (Å²) in [6.45, 7) is 2.39. The normalized spacial score (nSPS) is 12.8. The predicted octanol–water partition coefficient (Wildman–Crippen LogP) is 7.61. The van der Waals surface area contributed by atoms with Crippen LogP contribution < -0.4 is 0 Å². The summed E-state index contributed by atoms with van der Waals surface area (Å²) in [7, 11) is 0. The zero-order chi connectivity index (χ0) is 26.2. The topological polar surface area (TPSA) is 81.2 Å². The standard InChI is InChI=1S/C27H22F3N3O3S/c1-2-16(26(34)35)11-13-33-14-12-18-19(9-6-10-21(18)33)24-31-25(36-32-24)22-15-20(17-7-4-3-5-8-17)23(37-22)27(28,29)30/h3-10,12,14-16H,2,11,13H2,1H3,(H,34,35). The maximum atomic E-state index is 13.8. The van der Waals surface area contributed by atoms with Gasteiger partial charge in [-0.3, -0.25) is 4.79 Å². The summed E-state index contributed by atoms with van der Waals surface area (Å²) in [6, 6.07) is 17.3. The predicted molar refractivity (Wildman–Crippen MR) is 135 cm³/mol. The first kappa shape index (κ1) is 24.8. The Morgan fingerprint density at radius 3 is 2.59 bits per heavy atom. The molecule has 1 N–H and O–H groups in total. The van der Waals surface area contributed by atoms with E-state index in [2.05, 4.69) is 10.1 Å². The molecule has 0 radical (unpaired) electrons. The number of hydrogen-bond acceptors (Lipinski definition) is 5. The lowest BCUT2D eigenvalue weighted by atomic mass is 10.0. The lowest BCUT2D eigenvalue weighted by Crippen LogP contribution is -2.15. The van der Waals surface area contributed by atoms with E-state index in [0.29, 0.717) is 41.9 Å². The van der Waals surface area contributed by atoms with Crippen molar-refractivity contribution in [2.75, 3.05) is 0 Å². The Labute approximate surface area is 214 Å². The highest BCUT2D eigenvalue weighted by Crippen LogP contribution is 2.45. The van der Waals surface area contributed by atoms with Gasteiger partial charge in [-0.05, 0) is 36.6 Å². The highest BCUT2D eigenvalue weighted by molar-refractivity contribution is 7.16. The third kappa shape index (κ3) is 4.89. The van der Waals surface area contributed by atoms with E-state index in [1.54, 1.807) is 30.3 Å². The Morgan fingerprint density at radius 2 is 1.89 bits per heavy atom. The monoisotopic (exact) mass is 525 g/mol. The summed E-state index contributed by atoms with van der Waals surface area (Å²) >= 11 is 0.571. The van der Waals surface area contributed by atoms with Gasteiger partial charge in [0.1, 0.15) is 4.88 Å². The van der Waals surface area contributed by atoms with Crippen molar-refractivity contribution in [3.8, 4) is 33.3 Å². The molecule has 5 aromatic rings. The van der Waals surface area contributed by atoms with Crippen LogP contribution in [0.15, 0.2) is 71.4 Å². The van der Waals surface area contributed by atoms with Crippen molar-refractivity contribution in [1.82, 2.24) is 14.7 Å². The molecular weight excluding hydrogens is 503 g/mol. The number of hydrogen-bond donors (Lipinski definition) is 1. The average molecular weight is 526 g/mol. The molecule has 5 rings (SSSR count). The number of aromatic nitrogens is 3. The summed E-state index contributed by atoms with van der Waals surface area (Å²) in [5, 5.41) is 14.2. The number of carboxylic acids is 1. The first-order valence-corrected chi connectivity index (χ1v) is 12.5. The number of alkyl halides is 3. The number of thiophene rings is 1. The van der Waals surface area contributed by atoms with Crippen molar-refractivity contribution in [1.29, 1.82) is 0 Å². The van der Waals surface area contributed by atoms with Gasteiger partial charge in [0.25, 0.3) is 5.89 Å². The molecule has 190 valence electrons. The van der Waals surface area contributed by atoms with Gasteiger partial charge in [0.2, 0.25) is 5.82 Å². The molecule has 10 heteroatoms. The van der Waals surface area contributed by atoms with Crippen molar-refractivity contribution < 1.29 is 27.6 Å². The van der Waals surface area contributed by atoms with Gasteiger partial charge in [-0.15, -0.1) is 11.3 Å². The van der Waals surface area contributed by atoms with Crippen LogP contribution in [-0.2, 0) is 17.5 Å². The van der Waals surface area contributed by atoms with Crippen LogP contribution in [0.3, 0.4) is 0 Å². The molecule has 0 fully saturated rings. The maximum absolute atomic E-state index is 13.8. The van der Waals surface area contributed by atoms with Gasteiger partial charge in [-0.2, -0.15) is 18.2 Å². The summed E-state index contributed by atoms with van der Waals surface area (Å²) in [5.74, 6) is -0.958. The fourth-order valence-electron chi connectivity index (χ4n) is 4.38. The Hall–Kier alpha value is -3.92. The minimum Gasteiger partial charge on any atom is -0.481 e. The van der Waals surface area contributed by atoms with Crippen LogP contribution in [0.4, 0.5) is 13.2 Å². The zero-order valence-corrected chi connectivity index (χ0v) is 20.5. The van der Waals surface area contributed by atoms with Crippen LogP contribution in [-0.4, -0.2) is 25.8 Å². The highest BCUT2D eigenvalue weighted by Gasteiger charge is 2.37. The molecule has 0 aliphatic carbocycles. The SMILES string of the molecule is CCC(CCn1ccc2c(-c3noc(-c4cc(-c5ccccc5)c(C(F)(F)F)s4)n3)cccc21)C(=O)O. The van der Waals surface area contributed by atoms with Crippen molar-refractivity contribution in [2.24, 2.45) is 5.92 Å². The number of halogens is 3. The van der Waals surface area contributed by atoms with Gasteiger partial charge in [0.15, 0.2) is 0 Å². The van der Waals surface area contributed by atoms with Crippen molar-refractivity contribution in [2.45, 2.75) is 32.5 Å². The lowest BCUT2D eigenvalue weighted by Gasteiger charge is -2.11. The van der Waals surface area contributed by atoms with Gasteiger partial charge < -0.3 is 14.2 Å². The fraction of sp³-hybridized carbons (Fsp3) is 0.222. The molecule has 1 atom stereocenters. The smallest absolute Gasteiger partial charge is 0.426 e. The second-order valence-electron chi connectivity index (χ2n) is 8.62. The van der Waals surface area contributed by atoms with E-state index >= 15 is 0 Å². The van der Waals surface area contributed by atoms with E-state index < -0.39 is 22.9 Å². The first-order chi connectivity index (χ1) is 17.8. The average Bonchev–Trinajstić information content (AvgIpc) is 3.62. The molecule has 3 aromatic heterocycles. The Kier molecular flexibility index (Phi) is 6.59. The Morgan fingerprint density at radius 1 is 1.11 bits per heavy atom. The van der Waals surface area contributed by atoms with Crippen LogP contribution >= 0.6 is 11.3 Å². The number of aliphatic carboxylic acids is 1. The third-order valence-corrected chi connectivity index (χ3v) is 7.49. The number of rotatable bonds is 8. The first-order valence-electron chi connectivity index (χ1n) is 11.7. The molecule has 0 saturated carbocycles. The molecule has 1 unspecified atom stereocenters. The van der Waals surface area contributed by atoms with Crippen molar-refractivity contribution in [3.05, 3.63) is 71.7 Å². The molecular formula is C27H22F3N3O3S. The number of carbonyl (C=O) groups is 1. The van der Waals surface area contributed by atoms with E-state index in [9.17, 15) is 23.1 Å². The van der Waals surface area contributed by atoms with E-state index in [1.807, 2.05) is 42.0 Å². The zero-order valence-electron chi connectivity index (χ0n) is 19.7. The largest absolute Gasteiger partial charge is 0.481 e. The van der Waals surface area contributed by atoms with E-state index in [1.165, 1.54) is 6.07 Å². The molecule has 3 heterocycles. The Balaban J connectivity index is 1.48. The van der Waals surface area contributed by atoms with Gasteiger partial charge in [-0.25, -0.2) is 0 Å². The summed E-state index contributed by atoms with van der Waals surface area (Å²) < 4.78 is 48.8. The molecule has 0 aliphatic rings. The van der Waals surface area contributed by atoms with E-state index in [-0.39, 0.29) is 22.2 Å². The molecule has 0 spiro atoms. The number of carboxylic acid groups (broad SMARTS) is 1. The second-order valence-corrected chi connectivity index (χ2v) is 9.67. The van der Waals surface area contributed by atoms with Crippen LogP contribution in [0.5, 0.6) is 0 Å². The van der Waals surface area contributed by atoms with Gasteiger partial charge >= 0.3 is 12.1 Å². The fourth-order valence-corrected chi connectivity index (χ4v) is 5.35. The molecule has 2 aromatic carbocycles. The number of aryl methyl sites for hydroxylation is 1. The number of benzene rings is 2. The molecule has 37 heavy (non-hydrogen) atoms. The van der Waals surface area contributed by atoms with Gasteiger partial charge in [0, 0.05) is 34.8 Å². The highest BCUT2D eigenvalue weighted by atomic mass is 32.1. The quantitative estimate of drug-likeness (QED) is 0.226. The van der Waals surface area contributed by atoms with Crippen molar-refractivity contribution >= 4 is 28.2 Å². The second kappa shape index (κ2) is 9.85. The summed E-state index contributed by atoms with van der Waals surface area (Å²) in [6.07, 6.45) is -1.60. The van der Waals surface area contributed by atoms with Crippen molar-refractivity contribution in [3.63, 3.8) is 0 Å². The molecule has 0 amide bonds. The minimum atomic E-state index is -4.52. The molecule has 0 aliphatic heterocycles. The minimum absolute atomic E-state index is 0.0105. The van der Waals surface area contributed by atoms with Crippen LogP contribution in [0.25, 0.3) is 44.2 Å². The number of fused-ring (bicyclic) bond motifs is 1. The summed E-state index contributed by atoms with van der Waals surface area (Å²) in [4.78, 5) is 15.3.